The zero-order valence-corrected chi connectivity index (χ0v) is 20.4. The van der Waals surface area contributed by atoms with Crippen molar-refractivity contribution >= 4 is 22.7 Å². The number of amides is 1. The summed E-state index contributed by atoms with van der Waals surface area (Å²) in [6, 6.07) is 16.0. The molecule has 2 aromatic carbocycles. The minimum Gasteiger partial charge on any atom is -0.484 e. The van der Waals surface area contributed by atoms with Gasteiger partial charge in [-0.1, -0.05) is 17.3 Å². The van der Waals surface area contributed by atoms with Crippen LogP contribution in [0, 0.1) is 18.3 Å². The molecule has 0 bridgehead atoms. The Morgan fingerprint density at radius 3 is 2.64 bits per heavy atom. The lowest BCUT2D eigenvalue weighted by molar-refractivity contribution is 0.130. The first-order valence-corrected chi connectivity index (χ1v) is 12.0. The van der Waals surface area contributed by atoms with Crippen LogP contribution in [-0.4, -0.2) is 26.9 Å². The van der Waals surface area contributed by atoms with Gasteiger partial charge in [0.25, 0.3) is 5.89 Å². The molecule has 1 aliphatic carbocycles. The highest BCUT2D eigenvalue weighted by molar-refractivity contribution is 5.96. The summed E-state index contributed by atoms with van der Waals surface area (Å²) in [6.45, 7) is 5.53. The number of ether oxygens (including phenoxy) is 2. The van der Waals surface area contributed by atoms with E-state index in [1.165, 1.54) is 0 Å². The third-order valence-corrected chi connectivity index (χ3v) is 6.21. The number of benzene rings is 2. The van der Waals surface area contributed by atoms with Gasteiger partial charge in [-0.15, -0.1) is 0 Å². The molecule has 36 heavy (non-hydrogen) atoms. The predicted octanol–water partition coefficient (Wildman–Crippen LogP) is 6.13. The van der Waals surface area contributed by atoms with Gasteiger partial charge in [-0.3, -0.25) is 5.32 Å². The van der Waals surface area contributed by atoms with Gasteiger partial charge in [0.2, 0.25) is 0 Å². The largest absolute Gasteiger partial charge is 0.484 e. The van der Waals surface area contributed by atoms with Gasteiger partial charge >= 0.3 is 6.09 Å². The Morgan fingerprint density at radius 1 is 1.25 bits per heavy atom. The number of anilines is 1. The van der Waals surface area contributed by atoms with Crippen LogP contribution in [0.3, 0.4) is 0 Å². The first-order valence-electron chi connectivity index (χ1n) is 12.0. The molecule has 1 aliphatic rings. The van der Waals surface area contributed by atoms with Crippen LogP contribution in [0.25, 0.3) is 22.2 Å². The second kappa shape index (κ2) is 9.74. The molecule has 184 valence electrons. The second-order valence-electron chi connectivity index (χ2n) is 9.15. The number of carbonyl (C=O) groups excluding carboxylic acids is 1. The van der Waals surface area contributed by atoms with E-state index >= 15 is 0 Å². The number of hydrogen-bond acceptors (Lipinski definition) is 7. The summed E-state index contributed by atoms with van der Waals surface area (Å²) in [6.07, 6.45) is 2.55. The van der Waals surface area contributed by atoms with E-state index in [1.807, 2.05) is 42.5 Å². The summed E-state index contributed by atoms with van der Waals surface area (Å²) < 4.78 is 18.5. The van der Waals surface area contributed by atoms with E-state index < -0.39 is 6.09 Å². The van der Waals surface area contributed by atoms with Crippen molar-refractivity contribution in [3.63, 3.8) is 0 Å². The zero-order chi connectivity index (χ0) is 25.2. The molecule has 0 aliphatic heterocycles. The molecule has 5 rings (SSSR count). The highest BCUT2D eigenvalue weighted by Crippen LogP contribution is 2.43. The van der Waals surface area contributed by atoms with Gasteiger partial charge in [0.15, 0.2) is 12.4 Å². The normalized spacial score (nSPS) is 13.4. The quantitative estimate of drug-likeness (QED) is 0.335. The number of rotatable bonds is 7. The number of nitrogens with one attached hydrogen (secondary N) is 1. The Labute approximate surface area is 208 Å². The minimum absolute atomic E-state index is 0.169. The van der Waals surface area contributed by atoms with Crippen LogP contribution in [-0.2, 0) is 11.3 Å². The molecule has 0 saturated heterocycles. The number of aromatic nitrogens is 3. The first kappa shape index (κ1) is 23.4. The fourth-order valence-electron chi connectivity index (χ4n) is 4.42. The van der Waals surface area contributed by atoms with Gasteiger partial charge in [0.05, 0.1) is 22.9 Å². The van der Waals surface area contributed by atoms with E-state index in [9.17, 15) is 10.1 Å². The van der Waals surface area contributed by atoms with Gasteiger partial charge in [-0.2, -0.15) is 10.2 Å². The van der Waals surface area contributed by atoms with E-state index in [0.717, 1.165) is 41.4 Å². The Balaban J connectivity index is 1.50. The summed E-state index contributed by atoms with van der Waals surface area (Å²) in [5.41, 5.74) is 3.98. The minimum atomic E-state index is -0.498. The molecule has 0 radical (unpaired) electrons. The van der Waals surface area contributed by atoms with Crippen molar-refractivity contribution in [1.29, 1.82) is 5.26 Å². The third kappa shape index (κ3) is 4.62. The molecule has 0 atom stereocenters. The molecule has 2 heterocycles. The number of fused-ring (bicyclic) bond motifs is 1. The third-order valence-electron chi connectivity index (χ3n) is 6.21. The van der Waals surface area contributed by atoms with Crippen LogP contribution in [0.2, 0.25) is 0 Å². The lowest BCUT2D eigenvalue weighted by Gasteiger charge is -2.30. The van der Waals surface area contributed by atoms with Gasteiger partial charge in [0, 0.05) is 23.2 Å². The Morgan fingerprint density at radius 2 is 2.03 bits per heavy atom. The zero-order valence-electron chi connectivity index (χ0n) is 20.4. The second-order valence-corrected chi connectivity index (χ2v) is 9.15. The van der Waals surface area contributed by atoms with Crippen molar-refractivity contribution in [3.8, 4) is 23.1 Å². The fraction of sp³-hybridized carbons (Fsp3) is 0.333. The Hall–Kier alpha value is -4.32. The van der Waals surface area contributed by atoms with Crippen LogP contribution >= 0.6 is 0 Å². The van der Waals surface area contributed by atoms with Gasteiger partial charge in [-0.05, 0) is 69.9 Å². The first-order chi connectivity index (χ1) is 17.4. The van der Waals surface area contributed by atoms with E-state index in [0.29, 0.717) is 34.8 Å². The van der Waals surface area contributed by atoms with E-state index in [-0.39, 0.29) is 12.7 Å². The summed E-state index contributed by atoms with van der Waals surface area (Å²) in [5.74, 6) is 1.63. The molecule has 1 saturated carbocycles. The average Bonchev–Trinajstić information content (AvgIpc) is 3.37. The number of nitriles is 1. The molecule has 4 aromatic rings. The fourth-order valence-corrected chi connectivity index (χ4v) is 4.42. The van der Waals surface area contributed by atoms with Crippen LogP contribution in [0.5, 0.6) is 5.75 Å². The molecule has 0 spiro atoms. The smallest absolute Gasteiger partial charge is 0.411 e. The maximum absolute atomic E-state index is 12.0. The van der Waals surface area contributed by atoms with Crippen molar-refractivity contribution in [1.82, 2.24) is 14.7 Å². The summed E-state index contributed by atoms with van der Waals surface area (Å²) in [7, 11) is 0. The summed E-state index contributed by atoms with van der Waals surface area (Å²) in [5, 5.41) is 17.6. The van der Waals surface area contributed by atoms with Crippen molar-refractivity contribution < 1.29 is 18.8 Å². The molecule has 9 nitrogen and oxygen atoms in total. The predicted molar refractivity (Wildman–Crippen MR) is 134 cm³/mol. The van der Waals surface area contributed by atoms with Crippen LogP contribution in [0.15, 0.2) is 47.0 Å². The molecule has 1 fully saturated rings. The van der Waals surface area contributed by atoms with Crippen molar-refractivity contribution in [3.05, 3.63) is 59.7 Å². The molecule has 1 N–H and O–H groups in total. The summed E-state index contributed by atoms with van der Waals surface area (Å²) in [4.78, 5) is 16.1. The molecular formula is C27H27N5O4. The van der Waals surface area contributed by atoms with E-state index in [1.54, 1.807) is 20.8 Å². The topological polar surface area (TPSA) is 115 Å². The highest BCUT2D eigenvalue weighted by atomic mass is 16.6. The molecule has 1 amide bonds. The molecule has 0 unspecified atom stereocenters. The van der Waals surface area contributed by atoms with Crippen LogP contribution in [0.1, 0.15) is 56.4 Å². The monoisotopic (exact) mass is 485 g/mol. The van der Waals surface area contributed by atoms with Crippen molar-refractivity contribution in [2.24, 2.45) is 0 Å². The number of carbonyl (C=O) groups is 1. The number of nitrogens with zero attached hydrogens (tertiary/aromatic N) is 4. The SMILES string of the molecule is Cc1noc(COc2ccc3c(C#N)c(-c4ccc(NC(=O)OC(C)C)cc4)n(C4CCC4)c3c2)n1. The molecule has 9 heteroatoms. The molecule has 2 aromatic heterocycles. The van der Waals surface area contributed by atoms with E-state index in [4.69, 9.17) is 14.0 Å². The standard InChI is InChI=1S/C27H27N5O4/c1-16(2)35-27(33)30-19-9-7-18(8-10-19)26-23(14-28)22-12-11-21(34-15-25-29-17(3)31-36-25)13-24(22)32(26)20-5-4-6-20/h7-13,16,20H,4-6,15H2,1-3H3,(H,30,33). The van der Waals surface area contributed by atoms with Gasteiger partial charge in [-0.25, -0.2) is 4.79 Å². The van der Waals surface area contributed by atoms with E-state index in [2.05, 4.69) is 26.1 Å². The molecular weight excluding hydrogens is 458 g/mol. The van der Waals surface area contributed by atoms with Gasteiger partial charge < -0.3 is 18.6 Å². The van der Waals surface area contributed by atoms with Crippen molar-refractivity contribution in [2.75, 3.05) is 5.32 Å². The van der Waals surface area contributed by atoms with Gasteiger partial charge in [0.1, 0.15) is 11.8 Å². The lowest BCUT2D eigenvalue weighted by atomic mass is 9.92. The van der Waals surface area contributed by atoms with Crippen molar-refractivity contribution in [2.45, 2.75) is 58.8 Å². The number of hydrogen-bond donors (Lipinski definition) is 1. The number of aryl methyl sites for hydroxylation is 1. The maximum Gasteiger partial charge on any atom is 0.411 e. The Bertz CT molecular complexity index is 1440. The lowest BCUT2D eigenvalue weighted by Crippen LogP contribution is -2.18. The van der Waals surface area contributed by atoms with Crippen LogP contribution < -0.4 is 10.1 Å². The average molecular weight is 486 g/mol. The highest BCUT2D eigenvalue weighted by Gasteiger charge is 2.28. The Kier molecular flexibility index (Phi) is 6.34. The summed E-state index contributed by atoms with van der Waals surface area (Å²) >= 11 is 0. The van der Waals surface area contributed by atoms with Crippen LogP contribution in [0.4, 0.5) is 10.5 Å². The maximum atomic E-state index is 12.0.